The van der Waals surface area contributed by atoms with Crippen molar-refractivity contribution in [2.45, 2.75) is 89.4 Å². The molecule has 1 aliphatic carbocycles. The minimum absolute atomic E-state index is 0.0565. The number of unbranched alkanes of at least 4 members (excludes halogenated alkanes) is 1. The van der Waals surface area contributed by atoms with Crippen LogP contribution in [0.4, 0.5) is 0 Å². The number of aromatic nitrogens is 3. The highest BCUT2D eigenvalue weighted by molar-refractivity contribution is 9.08. The zero-order chi connectivity index (χ0) is 15.5. The molecular weight excluding hydrogens is 326 g/mol. The number of halogens is 1. The summed E-state index contributed by atoms with van der Waals surface area (Å²) in [5.74, 6) is 3.82. The van der Waals surface area contributed by atoms with E-state index in [-0.39, 0.29) is 5.54 Å². The summed E-state index contributed by atoms with van der Waals surface area (Å²) in [7, 11) is 0. The lowest BCUT2D eigenvalue weighted by Crippen LogP contribution is -2.28. The van der Waals surface area contributed by atoms with E-state index < -0.39 is 0 Å². The second-order valence-corrected chi connectivity index (χ2v) is 8.03. The summed E-state index contributed by atoms with van der Waals surface area (Å²) in [6.45, 7) is 9.04. The van der Waals surface area contributed by atoms with E-state index in [2.05, 4.69) is 58.4 Å². The van der Waals surface area contributed by atoms with Gasteiger partial charge in [0.05, 0.1) is 5.33 Å². The highest BCUT2D eigenvalue weighted by atomic mass is 79.9. The van der Waals surface area contributed by atoms with E-state index in [1.54, 1.807) is 0 Å². The molecular formula is C17H30BrN3. The molecule has 0 amide bonds. The van der Waals surface area contributed by atoms with E-state index in [1.807, 2.05) is 0 Å². The minimum atomic E-state index is 0.0565. The van der Waals surface area contributed by atoms with Crippen LogP contribution in [0.2, 0.25) is 0 Å². The summed E-state index contributed by atoms with van der Waals surface area (Å²) < 4.78 is 2.36. The molecule has 1 aliphatic rings. The Kier molecular flexibility index (Phi) is 5.87. The number of hydrogen-bond donors (Lipinski definition) is 0. The number of hydrogen-bond acceptors (Lipinski definition) is 2. The van der Waals surface area contributed by atoms with Gasteiger partial charge in [-0.3, -0.25) is 0 Å². The van der Waals surface area contributed by atoms with Crippen molar-refractivity contribution >= 4 is 15.9 Å². The minimum Gasteiger partial charge on any atom is -0.309 e. The van der Waals surface area contributed by atoms with Crippen molar-refractivity contribution in [1.82, 2.24) is 14.8 Å². The van der Waals surface area contributed by atoms with Crippen molar-refractivity contribution in [2.24, 2.45) is 5.92 Å². The van der Waals surface area contributed by atoms with Crippen LogP contribution in [0.1, 0.15) is 90.2 Å². The summed E-state index contributed by atoms with van der Waals surface area (Å²) in [5.41, 5.74) is 0.0565. The first-order chi connectivity index (χ1) is 9.97. The molecule has 1 heterocycles. The van der Waals surface area contributed by atoms with E-state index in [9.17, 15) is 0 Å². The number of nitrogens with zero attached hydrogens (tertiary/aromatic N) is 3. The predicted octanol–water partition coefficient (Wildman–Crippen LogP) is 5.39. The van der Waals surface area contributed by atoms with Crippen LogP contribution in [-0.2, 0) is 10.9 Å². The predicted molar refractivity (Wildman–Crippen MR) is 91.9 cm³/mol. The maximum absolute atomic E-state index is 4.55. The molecule has 1 aromatic rings. The molecule has 1 aromatic heterocycles. The van der Waals surface area contributed by atoms with Gasteiger partial charge in [-0.15, -0.1) is 10.2 Å². The summed E-state index contributed by atoms with van der Waals surface area (Å²) in [6.07, 6.45) is 9.43. The fraction of sp³-hybridized carbons (Fsp3) is 0.882. The van der Waals surface area contributed by atoms with Gasteiger partial charge < -0.3 is 4.57 Å². The van der Waals surface area contributed by atoms with Crippen LogP contribution < -0.4 is 0 Å². The lowest BCUT2D eigenvalue weighted by Gasteiger charge is -2.31. The van der Waals surface area contributed by atoms with Gasteiger partial charge in [-0.25, -0.2) is 0 Å². The van der Waals surface area contributed by atoms with Gasteiger partial charge in [-0.05, 0) is 52.4 Å². The number of alkyl halides is 1. The Morgan fingerprint density at radius 1 is 1.14 bits per heavy atom. The second kappa shape index (κ2) is 7.26. The second-order valence-electron chi connectivity index (χ2n) is 7.47. The Bertz CT molecular complexity index is 439. The van der Waals surface area contributed by atoms with Gasteiger partial charge in [0.25, 0.3) is 0 Å². The van der Waals surface area contributed by atoms with Gasteiger partial charge >= 0.3 is 0 Å². The third-order valence-electron chi connectivity index (χ3n) is 4.72. The standard InChI is InChI=1S/C17H30BrN3/c1-5-6-7-13-8-10-14(11-9-13)16-20-19-15(12-18)21(16)17(2,3)4/h13-14H,5-12H2,1-4H3. The Morgan fingerprint density at radius 3 is 2.33 bits per heavy atom. The molecule has 0 saturated heterocycles. The third-order valence-corrected chi connectivity index (χ3v) is 5.22. The Balaban J connectivity index is 2.08. The first kappa shape index (κ1) is 17.0. The fourth-order valence-corrected chi connectivity index (χ4v) is 3.98. The lowest BCUT2D eigenvalue weighted by atomic mass is 9.79. The van der Waals surface area contributed by atoms with Crippen molar-refractivity contribution in [3.63, 3.8) is 0 Å². The molecule has 1 fully saturated rings. The molecule has 0 bridgehead atoms. The molecule has 0 N–H and O–H groups in total. The normalized spacial score (nSPS) is 23.5. The highest BCUT2D eigenvalue weighted by Gasteiger charge is 2.30. The van der Waals surface area contributed by atoms with Gasteiger partial charge in [-0.2, -0.15) is 0 Å². The molecule has 0 radical (unpaired) electrons. The van der Waals surface area contributed by atoms with Crippen LogP contribution in [-0.4, -0.2) is 14.8 Å². The zero-order valence-corrected chi connectivity index (χ0v) is 15.6. The summed E-state index contributed by atoms with van der Waals surface area (Å²) in [5, 5.41) is 9.74. The third kappa shape index (κ3) is 4.08. The number of rotatable bonds is 5. The van der Waals surface area contributed by atoms with Crippen LogP contribution >= 0.6 is 15.9 Å². The van der Waals surface area contributed by atoms with Crippen LogP contribution in [0.3, 0.4) is 0 Å². The van der Waals surface area contributed by atoms with Crippen molar-refractivity contribution < 1.29 is 0 Å². The molecule has 120 valence electrons. The topological polar surface area (TPSA) is 30.7 Å². The van der Waals surface area contributed by atoms with E-state index in [4.69, 9.17) is 0 Å². The summed E-state index contributed by atoms with van der Waals surface area (Å²) in [6, 6.07) is 0. The fourth-order valence-electron chi connectivity index (χ4n) is 3.61. The van der Waals surface area contributed by atoms with Gasteiger partial charge in [0.2, 0.25) is 0 Å². The first-order valence-electron chi connectivity index (χ1n) is 8.48. The highest BCUT2D eigenvalue weighted by Crippen LogP contribution is 2.38. The maximum atomic E-state index is 4.55. The van der Waals surface area contributed by atoms with Gasteiger partial charge in [0, 0.05) is 11.5 Å². The van der Waals surface area contributed by atoms with Gasteiger partial charge in [0.1, 0.15) is 11.6 Å². The molecule has 0 atom stereocenters. The molecule has 3 nitrogen and oxygen atoms in total. The zero-order valence-electron chi connectivity index (χ0n) is 14.0. The molecule has 0 aliphatic heterocycles. The Labute approximate surface area is 138 Å². The van der Waals surface area contributed by atoms with Crippen molar-refractivity contribution in [3.05, 3.63) is 11.6 Å². The van der Waals surface area contributed by atoms with E-state index >= 15 is 0 Å². The monoisotopic (exact) mass is 355 g/mol. The average molecular weight is 356 g/mol. The van der Waals surface area contributed by atoms with Crippen molar-refractivity contribution in [2.75, 3.05) is 0 Å². The lowest BCUT2D eigenvalue weighted by molar-refractivity contribution is 0.280. The van der Waals surface area contributed by atoms with Gasteiger partial charge in [0.15, 0.2) is 0 Å². The Hall–Kier alpha value is -0.380. The van der Waals surface area contributed by atoms with Crippen LogP contribution in [0.5, 0.6) is 0 Å². The SMILES string of the molecule is CCCCC1CCC(c2nnc(CBr)n2C(C)(C)C)CC1. The smallest absolute Gasteiger partial charge is 0.144 e. The molecule has 0 aromatic carbocycles. The first-order valence-corrected chi connectivity index (χ1v) is 9.60. The molecule has 1 saturated carbocycles. The van der Waals surface area contributed by atoms with Crippen LogP contribution in [0.25, 0.3) is 0 Å². The summed E-state index contributed by atoms with van der Waals surface area (Å²) in [4.78, 5) is 0. The maximum Gasteiger partial charge on any atom is 0.144 e. The van der Waals surface area contributed by atoms with Crippen LogP contribution in [0.15, 0.2) is 0 Å². The molecule has 21 heavy (non-hydrogen) atoms. The molecule has 4 heteroatoms. The van der Waals surface area contributed by atoms with Crippen molar-refractivity contribution in [1.29, 1.82) is 0 Å². The van der Waals surface area contributed by atoms with Crippen LogP contribution in [0, 0.1) is 5.92 Å². The van der Waals surface area contributed by atoms with E-state index in [0.29, 0.717) is 5.92 Å². The molecule has 0 unspecified atom stereocenters. The average Bonchev–Trinajstić information content (AvgIpc) is 2.89. The summed E-state index contributed by atoms with van der Waals surface area (Å²) >= 11 is 3.55. The van der Waals surface area contributed by atoms with Gasteiger partial charge in [-0.1, -0.05) is 42.1 Å². The molecule has 0 spiro atoms. The largest absolute Gasteiger partial charge is 0.309 e. The van der Waals surface area contributed by atoms with E-state index in [1.165, 1.54) is 50.8 Å². The van der Waals surface area contributed by atoms with Crippen molar-refractivity contribution in [3.8, 4) is 0 Å². The molecule has 2 rings (SSSR count). The van der Waals surface area contributed by atoms with E-state index in [0.717, 1.165) is 17.1 Å². The Morgan fingerprint density at radius 2 is 1.81 bits per heavy atom. The quantitative estimate of drug-likeness (QED) is 0.662.